The Morgan fingerprint density at radius 2 is 1.92 bits per heavy atom. The van der Waals surface area contributed by atoms with Crippen LogP contribution in [0.15, 0.2) is 54.9 Å². The van der Waals surface area contributed by atoms with Crippen LogP contribution in [0.5, 0.6) is 0 Å². The third kappa shape index (κ3) is 3.67. The Kier molecular flexibility index (Phi) is 5.64. The number of pyridine rings is 1. The Balaban J connectivity index is 0.00000182. The van der Waals surface area contributed by atoms with Gasteiger partial charge in [0.05, 0.1) is 16.9 Å². The van der Waals surface area contributed by atoms with Gasteiger partial charge in [-0.3, -0.25) is 4.90 Å². The monoisotopic (exact) mass is 376 g/mol. The lowest BCUT2D eigenvalue weighted by molar-refractivity contribution is 0.312. The molecule has 2 atom stereocenters. The van der Waals surface area contributed by atoms with Crippen LogP contribution in [0, 0.1) is 5.92 Å². The number of likely N-dealkylation sites (tertiary alicyclic amines) is 1. The average molecular weight is 377 g/mol. The van der Waals surface area contributed by atoms with E-state index in [9.17, 15) is 0 Å². The van der Waals surface area contributed by atoms with Gasteiger partial charge in [-0.15, -0.1) is 12.4 Å². The Hall–Kier alpha value is -1.59. The highest BCUT2D eigenvalue weighted by molar-refractivity contribution is 6.30. The first-order valence-electron chi connectivity index (χ1n) is 8.33. The van der Waals surface area contributed by atoms with Gasteiger partial charge in [0.2, 0.25) is 0 Å². The molecule has 1 fully saturated rings. The Bertz CT molecular complexity index is 834. The highest BCUT2D eigenvalue weighted by Crippen LogP contribution is 2.32. The molecule has 3 heterocycles. The predicted molar refractivity (Wildman–Crippen MR) is 104 cm³/mol. The van der Waals surface area contributed by atoms with Gasteiger partial charge >= 0.3 is 0 Å². The van der Waals surface area contributed by atoms with Crippen molar-refractivity contribution < 1.29 is 0 Å². The molecule has 1 saturated heterocycles. The number of nitrogens with zero attached hydrogens (tertiary/aromatic N) is 3. The molecule has 1 aliphatic rings. The Morgan fingerprint density at radius 1 is 1.12 bits per heavy atom. The highest BCUT2D eigenvalue weighted by Gasteiger charge is 2.33. The van der Waals surface area contributed by atoms with Crippen LogP contribution in [0.25, 0.3) is 5.65 Å². The lowest BCUT2D eigenvalue weighted by Crippen LogP contribution is -2.23. The second kappa shape index (κ2) is 7.75. The summed E-state index contributed by atoms with van der Waals surface area (Å²) >= 11 is 6.13. The van der Waals surface area contributed by atoms with Crippen LogP contribution in [0.2, 0.25) is 5.02 Å². The van der Waals surface area contributed by atoms with Crippen LogP contribution in [0.4, 0.5) is 0 Å². The highest BCUT2D eigenvalue weighted by atomic mass is 35.5. The van der Waals surface area contributed by atoms with E-state index >= 15 is 0 Å². The third-order valence-corrected chi connectivity index (χ3v) is 5.20. The van der Waals surface area contributed by atoms with Crippen LogP contribution in [-0.4, -0.2) is 33.9 Å². The van der Waals surface area contributed by atoms with Crippen LogP contribution >= 0.6 is 24.0 Å². The zero-order valence-electron chi connectivity index (χ0n) is 13.9. The number of benzene rings is 1. The summed E-state index contributed by atoms with van der Waals surface area (Å²) in [5, 5.41) is 0.727. The molecule has 0 unspecified atom stereocenters. The van der Waals surface area contributed by atoms with Crippen LogP contribution < -0.4 is 5.73 Å². The van der Waals surface area contributed by atoms with Crippen LogP contribution in [-0.2, 0) is 6.54 Å². The topological polar surface area (TPSA) is 46.6 Å². The van der Waals surface area contributed by atoms with Crippen molar-refractivity contribution in [2.75, 3.05) is 19.6 Å². The van der Waals surface area contributed by atoms with E-state index in [-0.39, 0.29) is 12.4 Å². The maximum Gasteiger partial charge on any atom is 0.137 e. The minimum absolute atomic E-state index is 0. The minimum atomic E-state index is 0. The number of nitrogens with two attached hydrogens (primary N) is 1. The van der Waals surface area contributed by atoms with Gasteiger partial charge in [0.15, 0.2) is 0 Å². The third-order valence-electron chi connectivity index (χ3n) is 4.98. The lowest BCUT2D eigenvalue weighted by Gasteiger charge is -2.16. The van der Waals surface area contributed by atoms with Gasteiger partial charge in [-0.2, -0.15) is 0 Å². The molecule has 4 nitrogen and oxygen atoms in total. The lowest BCUT2D eigenvalue weighted by atomic mass is 9.89. The quantitative estimate of drug-likeness (QED) is 0.756. The van der Waals surface area contributed by atoms with Gasteiger partial charge in [0, 0.05) is 31.7 Å². The number of hydrogen-bond acceptors (Lipinski definition) is 3. The Morgan fingerprint density at radius 3 is 2.68 bits per heavy atom. The molecule has 1 aromatic carbocycles. The fourth-order valence-electron chi connectivity index (χ4n) is 3.76. The largest absolute Gasteiger partial charge is 0.330 e. The maximum atomic E-state index is 6.13. The van der Waals surface area contributed by atoms with Crippen molar-refractivity contribution in [1.82, 2.24) is 14.3 Å². The molecule has 1 aliphatic heterocycles. The number of hydrogen-bond donors (Lipinski definition) is 1. The van der Waals surface area contributed by atoms with E-state index in [1.54, 1.807) is 0 Å². The van der Waals surface area contributed by atoms with E-state index < -0.39 is 0 Å². The van der Waals surface area contributed by atoms with Crippen molar-refractivity contribution in [2.45, 2.75) is 12.5 Å². The first-order valence-corrected chi connectivity index (χ1v) is 8.71. The summed E-state index contributed by atoms with van der Waals surface area (Å²) < 4.78 is 2.08. The number of aromatic nitrogens is 2. The zero-order chi connectivity index (χ0) is 16.5. The van der Waals surface area contributed by atoms with Gasteiger partial charge in [0.25, 0.3) is 0 Å². The SMILES string of the molecule is Cl.NC[C@@H]1CN(Cc2cnc3ccc(Cl)cn23)C[C@H]1c1ccccc1. The fraction of sp³-hybridized carbons (Fsp3) is 0.316. The maximum absolute atomic E-state index is 6.13. The van der Waals surface area contributed by atoms with Crippen molar-refractivity contribution in [3.8, 4) is 0 Å². The molecule has 2 aromatic heterocycles. The molecule has 132 valence electrons. The molecular formula is C19H22Cl2N4. The molecule has 0 saturated carbocycles. The normalized spacial score (nSPS) is 20.7. The second-order valence-electron chi connectivity index (χ2n) is 6.53. The first-order chi connectivity index (χ1) is 11.7. The van der Waals surface area contributed by atoms with Crippen molar-refractivity contribution in [2.24, 2.45) is 11.7 Å². The van der Waals surface area contributed by atoms with Gasteiger partial charge in [-0.1, -0.05) is 41.9 Å². The summed E-state index contributed by atoms with van der Waals surface area (Å²) in [6, 6.07) is 14.5. The minimum Gasteiger partial charge on any atom is -0.330 e. The van der Waals surface area contributed by atoms with Gasteiger partial charge in [0.1, 0.15) is 5.65 Å². The molecule has 6 heteroatoms. The van der Waals surface area contributed by atoms with E-state index in [1.807, 2.05) is 24.5 Å². The number of imidazole rings is 1. The summed E-state index contributed by atoms with van der Waals surface area (Å²) in [4.78, 5) is 6.94. The molecule has 0 spiro atoms. The Labute approximate surface area is 159 Å². The van der Waals surface area contributed by atoms with Crippen molar-refractivity contribution in [3.05, 3.63) is 71.1 Å². The average Bonchev–Trinajstić information content (AvgIpc) is 3.20. The summed E-state index contributed by atoms with van der Waals surface area (Å²) in [6.45, 7) is 3.62. The first kappa shape index (κ1) is 18.2. The van der Waals surface area contributed by atoms with Crippen molar-refractivity contribution in [1.29, 1.82) is 0 Å². The molecule has 0 bridgehead atoms. The van der Waals surface area contributed by atoms with E-state index in [2.05, 4.69) is 44.6 Å². The molecule has 0 amide bonds. The number of halogens is 2. The van der Waals surface area contributed by atoms with Gasteiger partial charge < -0.3 is 10.1 Å². The summed E-state index contributed by atoms with van der Waals surface area (Å²) in [6.07, 6.45) is 3.88. The van der Waals surface area contributed by atoms with Crippen molar-refractivity contribution >= 4 is 29.7 Å². The van der Waals surface area contributed by atoms with Gasteiger partial charge in [-0.25, -0.2) is 4.98 Å². The van der Waals surface area contributed by atoms with E-state index in [0.29, 0.717) is 11.8 Å². The molecule has 25 heavy (non-hydrogen) atoms. The van der Waals surface area contributed by atoms with Gasteiger partial charge in [-0.05, 0) is 30.2 Å². The molecule has 0 radical (unpaired) electrons. The van der Waals surface area contributed by atoms with E-state index in [1.165, 1.54) is 5.56 Å². The standard InChI is InChI=1S/C19H21ClN4.ClH/c20-16-6-7-19-22-9-17(24(19)11-16)12-23-10-15(8-21)18(13-23)14-4-2-1-3-5-14;/h1-7,9,11,15,18H,8,10,12-13,21H2;1H/t15-,18+;/m1./s1. The van der Waals surface area contributed by atoms with E-state index in [0.717, 1.165) is 42.5 Å². The molecule has 3 aromatic rings. The fourth-order valence-corrected chi connectivity index (χ4v) is 3.92. The second-order valence-corrected chi connectivity index (χ2v) is 6.97. The predicted octanol–water partition coefficient (Wildman–Crippen LogP) is 3.58. The number of rotatable bonds is 4. The van der Waals surface area contributed by atoms with Crippen molar-refractivity contribution in [3.63, 3.8) is 0 Å². The summed E-state index contributed by atoms with van der Waals surface area (Å²) in [7, 11) is 0. The molecular weight excluding hydrogens is 355 g/mol. The molecule has 4 rings (SSSR count). The molecule has 0 aliphatic carbocycles. The summed E-state index contributed by atoms with van der Waals surface area (Å²) in [5.74, 6) is 0.995. The smallest absolute Gasteiger partial charge is 0.137 e. The van der Waals surface area contributed by atoms with Crippen LogP contribution in [0.3, 0.4) is 0 Å². The molecule has 2 N–H and O–H groups in total. The zero-order valence-corrected chi connectivity index (χ0v) is 15.5. The van der Waals surface area contributed by atoms with E-state index in [4.69, 9.17) is 17.3 Å². The number of fused-ring (bicyclic) bond motifs is 1. The van der Waals surface area contributed by atoms with Crippen LogP contribution in [0.1, 0.15) is 17.2 Å². The summed E-state index contributed by atoms with van der Waals surface area (Å²) in [5.41, 5.74) is 9.53.